The number of benzene rings is 1. The van der Waals surface area contributed by atoms with Crippen molar-refractivity contribution < 1.29 is 14.0 Å². The number of rotatable bonds is 4. The molecule has 3 nitrogen and oxygen atoms in total. The predicted molar refractivity (Wildman–Crippen MR) is 87.3 cm³/mol. The van der Waals surface area contributed by atoms with Crippen LogP contribution in [0.25, 0.3) is 6.08 Å². The molecule has 0 aromatic heterocycles. The fourth-order valence-electron chi connectivity index (χ4n) is 2.09. The van der Waals surface area contributed by atoms with Crippen LogP contribution >= 0.6 is 0 Å². The van der Waals surface area contributed by atoms with Crippen LogP contribution in [0, 0.1) is 0 Å². The normalized spacial score (nSPS) is 20.4. The first-order chi connectivity index (χ1) is 9.69. The Morgan fingerprint density at radius 1 is 1.00 bits per heavy atom. The van der Waals surface area contributed by atoms with E-state index in [1.54, 1.807) is 0 Å². The summed E-state index contributed by atoms with van der Waals surface area (Å²) in [6, 6.07) is 8.01. The molecule has 0 amide bonds. The van der Waals surface area contributed by atoms with Gasteiger partial charge >= 0.3 is 7.12 Å². The molecule has 1 aliphatic rings. The van der Waals surface area contributed by atoms with Gasteiger partial charge in [0.25, 0.3) is 0 Å². The molecule has 1 aromatic carbocycles. The molecular weight excluding hydrogens is 263 g/mol. The topological polar surface area (TPSA) is 27.7 Å². The monoisotopic (exact) mass is 288 g/mol. The van der Waals surface area contributed by atoms with Crippen molar-refractivity contribution in [3.63, 3.8) is 0 Å². The molecular formula is C17H25BO3. The third-order valence-corrected chi connectivity index (χ3v) is 3.97. The molecule has 1 aromatic rings. The van der Waals surface area contributed by atoms with Crippen LogP contribution in [0.1, 0.15) is 47.1 Å². The second-order valence-electron chi connectivity index (χ2n) is 6.72. The van der Waals surface area contributed by atoms with Gasteiger partial charge in [-0.05, 0) is 59.2 Å². The van der Waals surface area contributed by atoms with Crippen LogP contribution in [0.15, 0.2) is 30.2 Å². The Morgan fingerprint density at radius 2 is 1.52 bits per heavy atom. The molecule has 1 heterocycles. The lowest BCUT2D eigenvalue weighted by atomic mass is 9.89. The summed E-state index contributed by atoms with van der Waals surface area (Å²) >= 11 is 0. The van der Waals surface area contributed by atoms with Crippen molar-refractivity contribution in [1.29, 1.82) is 0 Å². The van der Waals surface area contributed by atoms with Gasteiger partial charge in [0, 0.05) is 0 Å². The SMILES string of the molecule is CC(C)Oc1ccc(C=CB2OC(C)(C)C(C)(C)O2)cc1. The maximum atomic E-state index is 5.93. The van der Waals surface area contributed by atoms with Crippen LogP contribution in [0.5, 0.6) is 5.75 Å². The third-order valence-electron chi connectivity index (χ3n) is 3.97. The smallest absolute Gasteiger partial charge is 0.487 e. The van der Waals surface area contributed by atoms with E-state index in [2.05, 4.69) is 27.7 Å². The van der Waals surface area contributed by atoms with Crippen LogP contribution in [0.4, 0.5) is 0 Å². The first-order valence-electron chi connectivity index (χ1n) is 7.50. The van der Waals surface area contributed by atoms with Gasteiger partial charge < -0.3 is 14.0 Å². The summed E-state index contributed by atoms with van der Waals surface area (Å²) in [7, 11) is -0.304. The van der Waals surface area contributed by atoms with Crippen LogP contribution < -0.4 is 4.74 Å². The van der Waals surface area contributed by atoms with Crippen molar-refractivity contribution in [2.24, 2.45) is 0 Å². The number of hydrogen-bond acceptors (Lipinski definition) is 3. The highest BCUT2D eigenvalue weighted by molar-refractivity contribution is 6.52. The lowest BCUT2D eigenvalue weighted by Gasteiger charge is -2.32. The average Bonchev–Trinajstić information content (AvgIpc) is 2.56. The minimum Gasteiger partial charge on any atom is -0.491 e. The molecule has 21 heavy (non-hydrogen) atoms. The van der Waals surface area contributed by atoms with E-state index >= 15 is 0 Å². The van der Waals surface area contributed by atoms with E-state index in [0.29, 0.717) is 0 Å². The molecule has 0 N–H and O–H groups in total. The van der Waals surface area contributed by atoms with Crippen molar-refractivity contribution in [2.45, 2.75) is 58.8 Å². The second-order valence-corrected chi connectivity index (χ2v) is 6.72. The summed E-state index contributed by atoms with van der Waals surface area (Å²) in [6.07, 6.45) is 2.21. The van der Waals surface area contributed by atoms with E-state index in [-0.39, 0.29) is 24.4 Å². The molecule has 1 saturated heterocycles. The van der Waals surface area contributed by atoms with Gasteiger partial charge in [0.1, 0.15) is 5.75 Å². The quantitative estimate of drug-likeness (QED) is 0.780. The summed E-state index contributed by atoms with van der Waals surface area (Å²) in [5.41, 5.74) is 0.509. The van der Waals surface area contributed by atoms with Gasteiger partial charge in [-0.15, -0.1) is 0 Å². The molecule has 0 unspecified atom stereocenters. The minimum absolute atomic E-state index is 0.191. The molecule has 2 rings (SSSR count). The van der Waals surface area contributed by atoms with Crippen LogP contribution in [-0.4, -0.2) is 24.4 Å². The molecule has 0 radical (unpaired) electrons. The Balaban J connectivity index is 1.99. The lowest BCUT2D eigenvalue weighted by Crippen LogP contribution is -2.41. The molecule has 114 valence electrons. The molecule has 0 atom stereocenters. The summed E-state index contributed by atoms with van der Waals surface area (Å²) in [5.74, 6) is 2.84. The molecule has 0 spiro atoms. The van der Waals surface area contributed by atoms with E-state index in [1.807, 2.05) is 50.2 Å². The summed E-state index contributed by atoms with van der Waals surface area (Å²) in [5, 5.41) is 0. The summed E-state index contributed by atoms with van der Waals surface area (Å²) < 4.78 is 17.5. The Hall–Kier alpha value is -1.26. The summed E-state index contributed by atoms with van der Waals surface area (Å²) in [6.45, 7) is 12.3. The third kappa shape index (κ3) is 3.89. The van der Waals surface area contributed by atoms with Crippen molar-refractivity contribution in [3.8, 4) is 5.75 Å². The van der Waals surface area contributed by atoms with Crippen molar-refractivity contribution >= 4 is 13.2 Å². The molecule has 4 heteroatoms. The minimum atomic E-state index is -0.304. The maximum Gasteiger partial charge on any atom is 0.487 e. The zero-order valence-corrected chi connectivity index (χ0v) is 13.8. The second kappa shape index (κ2) is 5.86. The standard InChI is InChI=1S/C17H25BO3/c1-13(2)19-15-9-7-14(8-10-15)11-12-18-20-16(3,4)17(5,6)21-18/h7-13H,1-6H3. The van der Waals surface area contributed by atoms with Gasteiger partial charge in [-0.2, -0.15) is 0 Å². The van der Waals surface area contributed by atoms with Crippen molar-refractivity contribution in [2.75, 3.05) is 0 Å². The zero-order chi connectivity index (χ0) is 15.7. The summed E-state index contributed by atoms with van der Waals surface area (Å²) in [4.78, 5) is 0. The first-order valence-corrected chi connectivity index (χ1v) is 7.50. The fourth-order valence-corrected chi connectivity index (χ4v) is 2.09. The predicted octanol–water partition coefficient (Wildman–Crippen LogP) is 4.12. The van der Waals surface area contributed by atoms with Gasteiger partial charge in [-0.25, -0.2) is 0 Å². The van der Waals surface area contributed by atoms with E-state index in [0.717, 1.165) is 11.3 Å². The fraction of sp³-hybridized carbons (Fsp3) is 0.529. The zero-order valence-electron chi connectivity index (χ0n) is 13.8. The highest BCUT2D eigenvalue weighted by atomic mass is 16.7. The van der Waals surface area contributed by atoms with Crippen LogP contribution in [0.2, 0.25) is 0 Å². The number of ether oxygens (including phenoxy) is 1. The molecule has 0 bridgehead atoms. The van der Waals surface area contributed by atoms with Gasteiger partial charge in [0.05, 0.1) is 17.3 Å². The molecule has 1 aliphatic heterocycles. The highest BCUT2D eigenvalue weighted by Gasteiger charge is 2.49. The van der Waals surface area contributed by atoms with E-state index in [1.165, 1.54) is 0 Å². The molecule has 1 fully saturated rings. The Labute approximate surface area is 128 Å². The van der Waals surface area contributed by atoms with Crippen LogP contribution in [0.3, 0.4) is 0 Å². The maximum absolute atomic E-state index is 5.93. The highest BCUT2D eigenvalue weighted by Crippen LogP contribution is 2.37. The van der Waals surface area contributed by atoms with Crippen molar-refractivity contribution in [3.05, 3.63) is 35.8 Å². The van der Waals surface area contributed by atoms with E-state index < -0.39 is 0 Å². The molecule has 0 saturated carbocycles. The van der Waals surface area contributed by atoms with Gasteiger partial charge in [-0.3, -0.25) is 0 Å². The Morgan fingerprint density at radius 3 is 2.00 bits per heavy atom. The molecule has 0 aliphatic carbocycles. The lowest BCUT2D eigenvalue weighted by molar-refractivity contribution is 0.00578. The number of hydrogen-bond donors (Lipinski definition) is 0. The van der Waals surface area contributed by atoms with Gasteiger partial charge in [-0.1, -0.05) is 24.2 Å². The van der Waals surface area contributed by atoms with Crippen molar-refractivity contribution in [1.82, 2.24) is 0 Å². The Kier molecular flexibility index (Phi) is 4.50. The van der Waals surface area contributed by atoms with Gasteiger partial charge in [0.2, 0.25) is 0 Å². The van der Waals surface area contributed by atoms with E-state index in [4.69, 9.17) is 14.0 Å². The largest absolute Gasteiger partial charge is 0.491 e. The van der Waals surface area contributed by atoms with Gasteiger partial charge in [0.15, 0.2) is 0 Å². The first kappa shape index (κ1) is 16.1. The van der Waals surface area contributed by atoms with E-state index in [9.17, 15) is 0 Å². The Bertz CT molecular complexity index is 487. The van der Waals surface area contributed by atoms with Crippen LogP contribution in [-0.2, 0) is 9.31 Å². The average molecular weight is 288 g/mol.